The van der Waals surface area contributed by atoms with E-state index < -0.39 is 5.60 Å². The van der Waals surface area contributed by atoms with Crippen LogP contribution in [0.4, 0.5) is 0 Å². The van der Waals surface area contributed by atoms with Crippen molar-refractivity contribution in [1.29, 1.82) is 0 Å². The van der Waals surface area contributed by atoms with E-state index in [4.69, 9.17) is 9.47 Å². The number of hydrogen-bond donors (Lipinski definition) is 0. The molecule has 0 heterocycles. The van der Waals surface area contributed by atoms with E-state index in [1.165, 1.54) is 7.11 Å². The predicted octanol–water partition coefficient (Wildman–Crippen LogP) is 1.10. The molecular formula is C10H14O3. The van der Waals surface area contributed by atoms with Gasteiger partial charge in [0.05, 0.1) is 0 Å². The van der Waals surface area contributed by atoms with Gasteiger partial charge in [-0.05, 0) is 19.1 Å². The Hall–Kier alpha value is -0.930. The highest BCUT2D eigenvalue weighted by atomic mass is 16.5. The molecular weight excluding hydrogens is 168 g/mol. The third-order valence-electron chi connectivity index (χ3n) is 2.26. The molecule has 0 aromatic carbocycles. The molecule has 1 aliphatic rings. The lowest BCUT2D eigenvalue weighted by Crippen LogP contribution is -2.45. The van der Waals surface area contributed by atoms with Gasteiger partial charge in [-0.3, -0.25) is 4.79 Å². The topological polar surface area (TPSA) is 35.5 Å². The monoisotopic (exact) mass is 182 g/mol. The Kier molecular flexibility index (Phi) is 3.01. The number of ether oxygens (including phenoxy) is 2. The first kappa shape index (κ1) is 10.2. The highest BCUT2D eigenvalue weighted by Crippen LogP contribution is 2.24. The quantitative estimate of drug-likeness (QED) is 0.613. The molecule has 0 saturated carbocycles. The first-order valence-corrected chi connectivity index (χ1v) is 4.10. The number of aldehydes is 1. The number of carbonyl (C=O) groups excluding carboxylic acids is 1. The molecule has 0 saturated heterocycles. The van der Waals surface area contributed by atoms with E-state index >= 15 is 0 Å². The number of hydrogen-bond acceptors (Lipinski definition) is 3. The van der Waals surface area contributed by atoms with Crippen LogP contribution in [0.15, 0.2) is 23.8 Å². The van der Waals surface area contributed by atoms with Crippen molar-refractivity contribution in [3.05, 3.63) is 23.8 Å². The molecule has 72 valence electrons. The van der Waals surface area contributed by atoms with Crippen molar-refractivity contribution in [2.45, 2.75) is 18.6 Å². The molecule has 3 nitrogen and oxygen atoms in total. The SMILES string of the molecule is COC1C=C(C)C=CC1(C=O)OC. The maximum Gasteiger partial charge on any atom is 0.171 e. The molecule has 0 aliphatic heterocycles. The van der Waals surface area contributed by atoms with Gasteiger partial charge in [-0.25, -0.2) is 0 Å². The normalized spacial score (nSPS) is 32.8. The third-order valence-corrected chi connectivity index (χ3v) is 2.26. The first-order chi connectivity index (χ1) is 6.18. The second-order valence-corrected chi connectivity index (χ2v) is 3.08. The Bertz CT molecular complexity index is 255. The average molecular weight is 182 g/mol. The molecule has 3 heteroatoms. The van der Waals surface area contributed by atoms with Crippen LogP contribution in [-0.4, -0.2) is 32.2 Å². The molecule has 0 radical (unpaired) electrons. The van der Waals surface area contributed by atoms with Crippen molar-refractivity contribution in [2.24, 2.45) is 0 Å². The van der Waals surface area contributed by atoms with Crippen LogP contribution >= 0.6 is 0 Å². The van der Waals surface area contributed by atoms with Gasteiger partial charge in [-0.15, -0.1) is 0 Å². The number of rotatable bonds is 3. The van der Waals surface area contributed by atoms with Gasteiger partial charge in [-0.2, -0.15) is 0 Å². The highest BCUT2D eigenvalue weighted by molar-refractivity contribution is 5.69. The molecule has 1 rings (SSSR count). The van der Waals surface area contributed by atoms with Crippen molar-refractivity contribution < 1.29 is 14.3 Å². The molecule has 2 atom stereocenters. The van der Waals surface area contributed by atoms with E-state index in [0.717, 1.165) is 11.9 Å². The van der Waals surface area contributed by atoms with Crippen molar-refractivity contribution in [3.8, 4) is 0 Å². The van der Waals surface area contributed by atoms with Gasteiger partial charge in [0.1, 0.15) is 6.10 Å². The summed E-state index contributed by atoms with van der Waals surface area (Å²) in [7, 11) is 3.06. The highest BCUT2D eigenvalue weighted by Gasteiger charge is 2.37. The summed E-state index contributed by atoms with van der Waals surface area (Å²) in [6.45, 7) is 1.95. The third kappa shape index (κ3) is 1.71. The first-order valence-electron chi connectivity index (χ1n) is 4.10. The van der Waals surface area contributed by atoms with E-state index in [1.807, 2.05) is 19.1 Å². The summed E-state index contributed by atoms with van der Waals surface area (Å²) in [5.41, 5.74) is 0.121. The van der Waals surface area contributed by atoms with Crippen LogP contribution in [0.25, 0.3) is 0 Å². The zero-order valence-corrected chi connectivity index (χ0v) is 8.11. The van der Waals surface area contributed by atoms with Crippen LogP contribution in [0.3, 0.4) is 0 Å². The summed E-state index contributed by atoms with van der Waals surface area (Å²) in [5.74, 6) is 0. The summed E-state index contributed by atoms with van der Waals surface area (Å²) in [5, 5.41) is 0. The number of carbonyl (C=O) groups is 1. The van der Waals surface area contributed by atoms with Crippen LogP contribution in [0.2, 0.25) is 0 Å². The maximum absolute atomic E-state index is 10.9. The largest absolute Gasteiger partial charge is 0.374 e. The van der Waals surface area contributed by atoms with Crippen molar-refractivity contribution in [2.75, 3.05) is 14.2 Å². The Morgan fingerprint density at radius 2 is 2.23 bits per heavy atom. The van der Waals surface area contributed by atoms with Gasteiger partial charge in [-0.1, -0.05) is 11.6 Å². The standard InChI is InChI=1S/C10H14O3/c1-8-4-5-10(7-11,13-3)9(6-8)12-2/h4-7,9H,1-3H3. The Morgan fingerprint density at radius 1 is 1.54 bits per heavy atom. The fourth-order valence-corrected chi connectivity index (χ4v) is 1.37. The van der Waals surface area contributed by atoms with Crippen molar-refractivity contribution in [3.63, 3.8) is 0 Å². The molecule has 0 bridgehead atoms. The summed E-state index contributed by atoms with van der Waals surface area (Å²) < 4.78 is 10.3. The molecule has 0 amide bonds. The molecule has 13 heavy (non-hydrogen) atoms. The van der Waals surface area contributed by atoms with Gasteiger partial charge in [0.2, 0.25) is 0 Å². The van der Waals surface area contributed by atoms with Crippen molar-refractivity contribution in [1.82, 2.24) is 0 Å². The average Bonchev–Trinajstić information content (AvgIpc) is 2.18. The fourth-order valence-electron chi connectivity index (χ4n) is 1.37. The van der Waals surface area contributed by atoms with Gasteiger partial charge in [0.25, 0.3) is 0 Å². The maximum atomic E-state index is 10.9. The molecule has 0 N–H and O–H groups in total. The van der Waals surface area contributed by atoms with Crippen LogP contribution in [0.5, 0.6) is 0 Å². The van der Waals surface area contributed by atoms with Crippen LogP contribution < -0.4 is 0 Å². The molecule has 0 aromatic heterocycles. The number of methoxy groups -OCH3 is 2. The second-order valence-electron chi connectivity index (χ2n) is 3.08. The van der Waals surface area contributed by atoms with Gasteiger partial charge in [0, 0.05) is 14.2 Å². The Balaban J connectivity index is 2.99. The van der Waals surface area contributed by atoms with E-state index in [0.29, 0.717) is 0 Å². The Labute approximate surface area is 78.0 Å². The molecule has 1 aliphatic carbocycles. The smallest absolute Gasteiger partial charge is 0.171 e. The van der Waals surface area contributed by atoms with Gasteiger partial charge < -0.3 is 9.47 Å². The zero-order chi connectivity index (χ0) is 9.90. The lowest BCUT2D eigenvalue weighted by atomic mass is 9.90. The van der Waals surface area contributed by atoms with E-state index in [9.17, 15) is 4.79 Å². The minimum absolute atomic E-state index is 0.333. The van der Waals surface area contributed by atoms with Gasteiger partial charge in [0.15, 0.2) is 11.9 Å². The van der Waals surface area contributed by atoms with E-state index in [1.54, 1.807) is 13.2 Å². The zero-order valence-electron chi connectivity index (χ0n) is 8.11. The number of allylic oxidation sites excluding steroid dienone is 2. The second kappa shape index (κ2) is 3.85. The van der Waals surface area contributed by atoms with Crippen molar-refractivity contribution >= 4 is 6.29 Å². The molecule has 0 aromatic rings. The van der Waals surface area contributed by atoms with Crippen LogP contribution in [0, 0.1) is 0 Å². The van der Waals surface area contributed by atoms with E-state index in [-0.39, 0.29) is 6.10 Å². The summed E-state index contributed by atoms with van der Waals surface area (Å²) >= 11 is 0. The molecule has 0 spiro atoms. The summed E-state index contributed by atoms with van der Waals surface area (Å²) in [4.78, 5) is 10.9. The summed E-state index contributed by atoms with van der Waals surface area (Å²) in [6.07, 6.45) is 5.88. The minimum atomic E-state index is -0.950. The molecule has 2 unspecified atom stereocenters. The Morgan fingerprint density at radius 3 is 2.69 bits per heavy atom. The lowest BCUT2D eigenvalue weighted by molar-refractivity contribution is -0.133. The lowest BCUT2D eigenvalue weighted by Gasteiger charge is -2.31. The minimum Gasteiger partial charge on any atom is -0.374 e. The summed E-state index contributed by atoms with van der Waals surface area (Å²) in [6, 6.07) is 0. The van der Waals surface area contributed by atoms with Crippen LogP contribution in [0.1, 0.15) is 6.92 Å². The van der Waals surface area contributed by atoms with Crippen LogP contribution in [-0.2, 0) is 14.3 Å². The van der Waals surface area contributed by atoms with Gasteiger partial charge >= 0.3 is 0 Å². The predicted molar refractivity (Wildman–Crippen MR) is 49.5 cm³/mol. The molecule has 0 fully saturated rings. The fraction of sp³-hybridized carbons (Fsp3) is 0.500. The van der Waals surface area contributed by atoms with E-state index in [2.05, 4.69) is 0 Å².